The van der Waals surface area contributed by atoms with Gasteiger partial charge in [-0.2, -0.15) is 0 Å². The van der Waals surface area contributed by atoms with Crippen LogP contribution in [0.5, 0.6) is 11.6 Å². The maximum atomic E-state index is 11.1. The van der Waals surface area contributed by atoms with Gasteiger partial charge in [0, 0.05) is 16.1 Å². The van der Waals surface area contributed by atoms with Crippen molar-refractivity contribution >= 4 is 21.6 Å². The standard InChI is InChI=1S/C13H11BrN2O3/c1-8-4-3-5-11(13(8)16(17)18)19-12-7-6-10(14)9(2)15-12/h3-7H,1-2H3. The minimum Gasteiger partial charge on any atom is -0.432 e. The number of ether oxygens (including phenoxy) is 1. The molecule has 0 amide bonds. The van der Waals surface area contributed by atoms with E-state index >= 15 is 0 Å². The Morgan fingerprint density at radius 3 is 2.63 bits per heavy atom. The number of hydrogen-bond acceptors (Lipinski definition) is 4. The van der Waals surface area contributed by atoms with Crippen molar-refractivity contribution in [1.29, 1.82) is 0 Å². The Hall–Kier alpha value is -1.95. The number of para-hydroxylation sites is 1. The van der Waals surface area contributed by atoms with Crippen molar-refractivity contribution < 1.29 is 9.66 Å². The lowest BCUT2D eigenvalue weighted by atomic mass is 10.2. The highest BCUT2D eigenvalue weighted by atomic mass is 79.9. The van der Waals surface area contributed by atoms with E-state index in [2.05, 4.69) is 20.9 Å². The van der Waals surface area contributed by atoms with Crippen LogP contribution >= 0.6 is 15.9 Å². The van der Waals surface area contributed by atoms with Gasteiger partial charge in [0.2, 0.25) is 11.6 Å². The van der Waals surface area contributed by atoms with E-state index in [1.54, 1.807) is 37.3 Å². The van der Waals surface area contributed by atoms with E-state index in [1.807, 2.05) is 6.92 Å². The third-order valence-corrected chi connectivity index (χ3v) is 3.43. The highest BCUT2D eigenvalue weighted by Crippen LogP contribution is 2.33. The summed E-state index contributed by atoms with van der Waals surface area (Å²) in [6.07, 6.45) is 0. The van der Waals surface area contributed by atoms with Crippen LogP contribution in [0, 0.1) is 24.0 Å². The first kappa shape index (κ1) is 13.5. The molecule has 0 aliphatic heterocycles. The number of benzene rings is 1. The van der Waals surface area contributed by atoms with Crippen molar-refractivity contribution in [2.45, 2.75) is 13.8 Å². The number of halogens is 1. The number of hydrogen-bond donors (Lipinski definition) is 0. The zero-order valence-electron chi connectivity index (χ0n) is 10.4. The van der Waals surface area contributed by atoms with Gasteiger partial charge < -0.3 is 4.74 Å². The maximum absolute atomic E-state index is 11.1. The molecule has 1 aromatic heterocycles. The number of nitro groups is 1. The van der Waals surface area contributed by atoms with Gasteiger partial charge in [-0.25, -0.2) is 4.98 Å². The Morgan fingerprint density at radius 1 is 1.26 bits per heavy atom. The topological polar surface area (TPSA) is 65.3 Å². The fourth-order valence-corrected chi connectivity index (χ4v) is 1.86. The van der Waals surface area contributed by atoms with E-state index in [0.29, 0.717) is 11.4 Å². The van der Waals surface area contributed by atoms with Gasteiger partial charge in [0.15, 0.2) is 0 Å². The highest BCUT2D eigenvalue weighted by molar-refractivity contribution is 9.10. The summed E-state index contributed by atoms with van der Waals surface area (Å²) in [7, 11) is 0. The van der Waals surface area contributed by atoms with Gasteiger partial charge in [0.05, 0.1) is 10.6 Å². The van der Waals surface area contributed by atoms with Crippen LogP contribution in [0.4, 0.5) is 5.69 Å². The van der Waals surface area contributed by atoms with Crippen LogP contribution in [0.1, 0.15) is 11.3 Å². The fraction of sp³-hybridized carbons (Fsp3) is 0.154. The van der Waals surface area contributed by atoms with E-state index in [4.69, 9.17) is 4.74 Å². The third-order valence-electron chi connectivity index (χ3n) is 2.59. The molecule has 0 spiro atoms. The lowest BCUT2D eigenvalue weighted by molar-refractivity contribution is -0.386. The summed E-state index contributed by atoms with van der Waals surface area (Å²) < 4.78 is 6.37. The van der Waals surface area contributed by atoms with Gasteiger partial charge in [-0.3, -0.25) is 10.1 Å². The number of nitro benzene ring substituents is 1. The molecule has 2 aromatic rings. The predicted octanol–water partition coefficient (Wildman–Crippen LogP) is 4.16. The molecule has 19 heavy (non-hydrogen) atoms. The van der Waals surface area contributed by atoms with Gasteiger partial charge in [0.25, 0.3) is 0 Å². The largest absolute Gasteiger partial charge is 0.432 e. The highest BCUT2D eigenvalue weighted by Gasteiger charge is 2.19. The Labute approximate surface area is 118 Å². The van der Waals surface area contributed by atoms with E-state index in [9.17, 15) is 10.1 Å². The average Bonchev–Trinajstić information content (AvgIpc) is 2.33. The first-order valence-corrected chi connectivity index (χ1v) is 6.33. The number of aryl methyl sites for hydroxylation is 2. The molecule has 0 saturated heterocycles. The monoisotopic (exact) mass is 322 g/mol. The summed E-state index contributed by atoms with van der Waals surface area (Å²) in [4.78, 5) is 14.8. The number of pyridine rings is 1. The van der Waals surface area contributed by atoms with E-state index in [1.165, 1.54) is 0 Å². The molecule has 0 radical (unpaired) electrons. The van der Waals surface area contributed by atoms with Gasteiger partial charge in [-0.15, -0.1) is 0 Å². The Bertz CT molecular complexity index is 644. The minimum absolute atomic E-state index is 0.0372. The summed E-state index contributed by atoms with van der Waals surface area (Å²) in [5.41, 5.74) is 1.27. The lowest BCUT2D eigenvalue weighted by Gasteiger charge is -2.08. The van der Waals surface area contributed by atoms with Crippen LogP contribution in [0.3, 0.4) is 0 Å². The van der Waals surface area contributed by atoms with Crippen molar-refractivity contribution in [3.63, 3.8) is 0 Å². The molecule has 0 atom stereocenters. The van der Waals surface area contributed by atoms with Crippen molar-refractivity contribution in [2.75, 3.05) is 0 Å². The second-order valence-corrected chi connectivity index (χ2v) is 4.85. The molecular formula is C13H11BrN2O3. The maximum Gasteiger partial charge on any atom is 0.314 e. The van der Waals surface area contributed by atoms with Gasteiger partial charge in [-0.05, 0) is 41.9 Å². The van der Waals surface area contributed by atoms with Gasteiger partial charge in [-0.1, -0.05) is 12.1 Å². The molecule has 0 fully saturated rings. The summed E-state index contributed by atoms with van der Waals surface area (Å²) >= 11 is 3.34. The van der Waals surface area contributed by atoms with Crippen molar-refractivity contribution in [2.24, 2.45) is 0 Å². The third kappa shape index (κ3) is 2.90. The summed E-state index contributed by atoms with van der Waals surface area (Å²) in [5, 5.41) is 11.1. The molecule has 98 valence electrons. The lowest BCUT2D eigenvalue weighted by Crippen LogP contribution is -1.97. The first-order chi connectivity index (χ1) is 8.99. The van der Waals surface area contributed by atoms with Crippen LogP contribution in [0.2, 0.25) is 0 Å². The molecule has 0 saturated carbocycles. The molecule has 1 aromatic carbocycles. The first-order valence-electron chi connectivity index (χ1n) is 5.54. The molecule has 2 rings (SSSR count). The summed E-state index contributed by atoms with van der Waals surface area (Å²) in [6.45, 7) is 3.49. The molecule has 0 bridgehead atoms. The van der Waals surface area contributed by atoms with Crippen molar-refractivity contribution in [1.82, 2.24) is 4.98 Å². The normalized spacial score (nSPS) is 10.3. The van der Waals surface area contributed by atoms with Crippen LogP contribution < -0.4 is 4.74 Å². The molecule has 6 heteroatoms. The molecule has 0 unspecified atom stereocenters. The zero-order valence-corrected chi connectivity index (χ0v) is 12.0. The quantitative estimate of drug-likeness (QED) is 0.628. The van der Waals surface area contributed by atoms with Crippen LogP contribution in [-0.4, -0.2) is 9.91 Å². The summed E-state index contributed by atoms with van der Waals surface area (Å²) in [6, 6.07) is 8.39. The van der Waals surface area contributed by atoms with Crippen LogP contribution in [-0.2, 0) is 0 Å². The number of nitrogens with zero attached hydrogens (tertiary/aromatic N) is 2. The van der Waals surface area contributed by atoms with E-state index < -0.39 is 4.92 Å². The predicted molar refractivity (Wildman–Crippen MR) is 74.6 cm³/mol. The van der Waals surface area contributed by atoms with Crippen LogP contribution in [0.25, 0.3) is 0 Å². The SMILES string of the molecule is Cc1cccc(Oc2ccc(Br)c(C)n2)c1[N+](=O)[O-]. The molecule has 1 heterocycles. The molecule has 0 aliphatic rings. The van der Waals surface area contributed by atoms with E-state index in [-0.39, 0.29) is 11.4 Å². The summed E-state index contributed by atoms with van der Waals surface area (Å²) in [5.74, 6) is 0.522. The second-order valence-electron chi connectivity index (χ2n) is 4.00. The zero-order chi connectivity index (χ0) is 14.0. The Balaban J connectivity index is 2.40. The van der Waals surface area contributed by atoms with Gasteiger partial charge >= 0.3 is 5.69 Å². The molecular weight excluding hydrogens is 312 g/mol. The minimum atomic E-state index is -0.448. The van der Waals surface area contributed by atoms with Crippen LogP contribution in [0.15, 0.2) is 34.8 Å². The smallest absolute Gasteiger partial charge is 0.314 e. The Morgan fingerprint density at radius 2 is 2.00 bits per heavy atom. The fourth-order valence-electron chi connectivity index (χ4n) is 1.64. The Kier molecular flexibility index (Phi) is 3.80. The number of rotatable bonds is 3. The molecule has 5 nitrogen and oxygen atoms in total. The molecule has 0 aliphatic carbocycles. The average molecular weight is 323 g/mol. The number of aromatic nitrogens is 1. The van der Waals surface area contributed by atoms with Gasteiger partial charge in [0.1, 0.15) is 0 Å². The molecule has 0 N–H and O–H groups in total. The van der Waals surface area contributed by atoms with Crippen molar-refractivity contribution in [3.8, 4) is 11.6 Å². The second kappa shape index (κ2) is 5.36. The van der Waals surface area contributed by atoms with Crippen molar-refractivity contribution in [3.05, 3.63) is 56.2 Å². The van der Waals surface area contributed by atoms with E-state index in [0.717, 1.165) is 10.2 Å².